The average Bonchev–Trinajstić information content (AvgIpc) is 2.89. The summed E-state index contributed by atoms with van der Waals surface area (Å²) in [7, 11) is 0. The van der Waals surface area contributed by atoms with Crippen LogP contribution in [0.3, 0.4) is 0 Å². The van der Waals surface area contributed by atoms with Crippen LogP contribution < -0.4 is 15.0 Å². The van der Waals surface area contributed by atoms with Crippen molar-refractivity contribution in [3.05, 3.63) is 18.3 Å². The van der Waals surface area contributed by atoms with Gasteiger partial charge < -0.3 is 15.0 Å². The third-order valence-electron chi connectivity index (χ3n) is 3.52. The SMILES string of the molecule is CCCNCC1CCN(c2ccc(OCC)nc2)C1. The molecule has 4 heteroatoms. The normalized spacial score (nSPS) is 18.8. The van der Waals surface area contributed by atoms with E-state index in [1.54, 1.807) is 0 Å². The molecule has 1 aliphatic rings. The number of rotatable bonds is 7. The number of pyridine rings is 1. The lowest BCUT2D eigenvalue weighted by Crippen LogP contribution is -2.26. The van der Waals surface area contributed by atoms with Crippen LogP contribution in [0.2, 0.25) is 0 Å². The molecule has 19 heavy (non-hydrogen) atoms. The molecule has 2 heterocycles. The van der Waals surface area contributed by atoms with Crippen molar-refractivity contribution in [1.29, 1.82) is 0 Å². The number of anilines is 1. The second-order valence-electron chi connectivity index (χ2n) is 5.09. The topological polar surface area (TPSA) is 37.4 Å². The van der Waals surface area contributed by atoms with Crippen LogP contribution in [0.1, 0.15) is 26.7 Å². The molecule has 0 radical (unpaired) electrons. The highest BCUT2D eigenvalue weighted by atomic mass is 16.5. The molecule has 0 spiro atoms. The summed E-state index contributed by atoms with van der Waals surface area (Å²) in [5, 5.41) is 3.51. The third-order valence-corrected chi connectivity index (χ3v) is 3.52. The van der Waals surface area contributed by atoms with Crippen LogP contribution in [0.25, 0.3) is 0 Å². The smallest absolute Gasteiger partial charge is 0.213 e. The van der Waals surface area contributed by atoms with E-state index in [-0.39, 0.29) is 0 Å². The van der Waals surface area contributed by atoms with Crippen molar-refractivity contribution in [3.63, 3.8) is 0 Å². The molecule has 1 aliphatic heterocycles. The summed E-state index contributed by atoms with van der Waals surface area (Å²) >= 11 is 0. The van der Waals surface area contributed by atoms with Crippen LogP contribution in [-0.2, 0) is 0 Å². The molecular weight excluding hydrogens is 238 g/mol. The Balaban J connectivity index is 1.82. The molecule has 106 valence electrons. The zero-order chi connectivity index (χ0) is 13.5. The molecule has 0 aromatic carbocycles. The van der Waals surface area contributed by atoms with E-state index < -0.39 is 0 Å². The van der Waals surface area contributed by atoms with Crippen LogP contribution >= 0.6 is 0 Å². The van der Waals surface area contributed by atoms with Gasteiger partial charge in [-0.1, -0.05) is 6.92 Å². The first-order chi connectivity index (χ1) is 9.33. The lowest BCUT2D eigenvalue weighted by Gasteiger charge is -2.18. The van der Waals surface area contributed by atoms with Crippen molar-refractivity contribution in [2.45, 2.75) is 26.7 Å². The van der Waals surface area contributed by atoms with Crippen LogP contribution in [-0.4, -0.2) is 37.8 Å². The standard InChI is InChI=1S/C15H25N3O/c1-3-8-16-10-13-7-9-18(12-13)14-5-6-15(17-11-14)19-4-2/h5-6,11,13,16H,3-4,7-10,12H2,1-2H3. The van der Waals surface area contributed by atoms with Crippen molar-refractivity contribution in [3.8, 4) is 5.88 Å². The maximum atomic E-state index is 5.37. The van der Waals surface area contributed by atoms with E-state index in [0.29, 0.717) is 12.5 Å². The van der Waals surface area contributed by atoms with Gasteiger partial charge in [0.15, 0.2) is 0 Å². The van der Waals surface area contributed by atoms with Gasteiger partial charge in [-0.15, -0.1) is 0 Å². The van der Waals surface area contributed by atoms with E-state index in [1.165, 1.54) is 18.5 Å². The molecule has 1 unspecified atom stereocenters. The van der Waals surface area contributed by atoms with E-state index >= 15 is 0 Å². The summed E-state index contributed by atoms with van der Waals surface area (Å²) in [4.78, 5) is 6.75. The Labute approximate surface area is 116 Å². The molecule has 0 saturated carbocycles. The number of aromatic nitrogens is 1. The van der Waals surface area contributed by atoms with Crippen LogP contribution in [0.4, 0.5) is 5.69 Å². The van der Waals surface area contributed by atoms with Crippen molar-refractivity contribution in [2.75, 3.05) is 37.7 Å². The van der Waals surface area contributed by atoms with Crippen molar-refractivity contribution in [1.82, 2.24) is 10.3 Å². The van der Waals surface area contributed by atoms with Gasteiger partial charge >= 0.3 is 0 Å². The van der Waals surface area contributed by atoms with E-state index in [9.17, 15) is 0 Å². The summed E-state index contributed by atoms with van der Waals surface area (Å²) < 4.78 is 5.37. The van der Waals surface area contributed by atoms with E-state index in [2.05, 4.69) is 28.2 Å². The maximum absolute atomic E-state index is 5.37. The highest BCUT2D eigenvalue weighted by Gasteiger charge is 2.22. The molecule has 1 saturated heterocycles. The second-order valence-corrected chi connectivity index (χ2v) is 5.09. The minimum atomic E-state index is 0.668. The molecule has 1 fully saturated rings. The molecule has 4 nitrogen and oxygen atoms in total. The van der Waals surface area contributed by atoms with Gasteiger partial charge in [-0.25, -0.2) is 4.98 Å². The van der Waals surface area contributed by atoms with Gasteiger partial charge in [0.25, 0.3) is 0 Å². The van der Waals surface area contributed by atoms with Crippen molar-refractivity contribution >= 4 is 5.69 Å². The maximum Gasteiger partial charge on any atom is 0.213 e. The molecule has 1 atom stereocenters. The Morgan fingerprint density at radius 3 is 3.00 bits per heavy atom. The van der Waals surface area contributed by atoms with E-state index in [1.807, 2.05) is 19.2 Å². The first kappa shape index (κ1) is 14.1. The molecule has 1 aromatic rings. The van der Waals surface area contributed by atoms with Crippen LogP contribution in [0, 0.1) is 5.92 Å². The lowest BCUT2D eigenvalue weighted by molar-refractivity contribution is 0.327. The molecular formula is C15H25N3O. The zero-order valence-electron chi connectivity index (χ0n) is 12.1. The Morgan fingerprint density at radius 1 is 1.42 bits per heavy atom. The van der Waals surface area contributed by atoms with Gasteiger partial charge in [0.05, 0.1) is 18.5 Å². The third kappa shape index (κ3) is 4.10. The fourth-order valence-electron chi connectivity index (χ4n) is 2.51. The molecule has 0 aliphatic carbocycles. The summed E-state index contributed by atoms with van der Waals surface area (Å²) in [5.74, 6) is 1.48. The fourth-order valence-corrected chi connectivity index (χ4v) is 2.51. The summed E-state index contributed by atoms with van der Waals surface area (Å²) in [6.07, 6.45) is 4.40. The zero-order valence-corrected chi connectivity index (χ0v) is 12.1. The lowest BCUT2D eigenvalue weighted by atomic mass is 10.1. The molecule has 0 bridgehead atoms. The molecule has 1 N–H and O–H groups in total. The van der Waals surface area contributed by atoms with Crippen LogP contribution in [0.15, 0.2) is 18.3 Å². The first-order valence-electron chi connectivity index (χ1n) is 7.38. The Hall–Kier alpha value is -1.29. The number of nitrogens with zero attached hydrogens (tertiary/aromatic N) is 2. The predicted molar refractivity (Wildman–Crippen MR) is 78.9 cm³/mol. The van der Waals surface area contributed by atoms with Crippen molar-refractivity contribution in [2.24, 2.45) is 5.92 Å². The largest absolute Gasteiger partial charge is 0.478 e. The number of nitrogens with one attached hydrogen (secondary N) is 1. The Bertz CT molecular complexity index is 366. The Morgan fingerprint density at radius 2 is 2.32 bits per heavy atom. The minimum absolute atomic E-state index is 0.668. The molecule has 1 aromatic heterocycles. The van der Waals surface area contributed by atoms with Gasteiger partial charge in [-0.3, -0.25) is 0 Å². The number of hydrogen-bond donors (Lipinski definition) is 1. The average molecular weight is 263 g/mol. The van der Waals surface area contributed by atoms with Crippen LogP contribution in [0.5, 0.6) is 5.88 Å². The summed E-state index contributed by atoms with van der Waals surface area (Å²) in [6.45, 7) is 9.38. The highest BCUT2D eigenvalue weighted by Crippen LogP contribution is 2.24. The van der Waals surface area contributed by atoms with E-state index in [4.69, 9.17) is 4.74 Å². The van der Waals surface area contributed by atoms with Gasteiger partial charge in [-0.2, -0.15) is 0 Å². The number of hydrogen-bond acceptors (Lipinski definition) is 4. The summed E-state index contributed by atoms with van der Waals surface area (Å²) in [6, 6.07) is 4.07. The molecule has 2 rings (SSSR count). The Kier molecular flexibility index (Phi) is 5.45. The molecule has 0 amide bonds. The quantitative estimate of drug-likeness (QED) is 0.766. The first-order valence-corrected chi connectivity index (χ1v) is 7.38. The monoisotopic (exact) mass is 263 g/mol. The predicted octanol–water partition coefficient (Wildman–Crippen LogP) is 2.31. The van der Waals surface area contributed by atoms with E-state index in [0.717, 1.165) is 32.1 Å². The van der Waals surface area contributed by atoms with Gasteiger partial charge in [0, 0.05) is 19.2 Å². The fraction of sp³-hybridized carbons (Fsp3) is 0.667. The second kappa shape index (κ2) is 7.34. The minimum Gasteiger partial charge on any atom is -0.478 e. The van der Waals surface area contributed by atoms with Crippen molar-refractivity contribution < 1.29 is 4.74 Å². The van der Waals surface area contributed by atoms with Gasteiger partial charge in [0.2, 0.25) is 5.88 Å². The van der Waals surface area contributed by atoms with Gasteiger partial charge in [0.1, 0.15) is 0 Å². The summed E-state index contributed by atoms with van der Waals surface area (Å²) in [5.41, 5.74) is 1.21. The highest BCUT2D eigenvalue weighted by molar-refractivity contribution is 5.46. The number of ether oxygens (including phenoxy) is 1. The van der Waals surface area contributed by atoms with Gasteiger partial charge in [-0.05, 0) is 44.8 Å².